The van der Waals surface area contributed by atoms with Gasteiger partial charge in [-0.3, -0.25) is 4.79 Å². The maximum Gasteiger partial charge on any atom is 0.291 e. The van der Waals surface area contributed by atoms with Crippen molar-refractivity contribution in [1.29, 1.82) is 0 Å². The molecule has 0 unspecified atom stereocenters. The number of aryl methyl sites for hydroxylation is 1. The SMILES string of the molecule is Cc1ccnc2nc(C(=O)NCCCOC3CCCCC3)nn12. The van der Waals surface area contributed by atoms with Gasteiger partial charge < -0.3 is 10.1 Å². The number of hydrogen-bond donors (Lipinski definition) is 1. The number of carbonyl (C=O) groups is 1. The van der Waals surface area contributed by atoms with Gasteiger partial charge in [-0.2, -0.15) is 4.98 Å². The van der Waals surface area contributed by atoms with Gasteiger partial charge >= 0.3 is 0 Å². The highest BCUT2D eigenvalue weighted by Crippen LogP contribution is 2.20. The molecule has 1 aliphatic rings. The quantitative estimate of drug-likeness (QED) is 0.823. The van der Waals surface area contributed by atoms with Crippen molar-refractivity contribution < 1.29 is 9.53 Å². The molecule has 0 bridgehead atoms. The largest absolute Gasteiger partial charge is 0.378 e. The summed E-state index contributed by atoms with van der Waals surface area (Å²) in [5.74, 6) is 0.323. The number of nitrogens with one attached hydrogen (secondary N) is 1. The van der Waals surface area contributed by atoms with Gasteiger partial charge in [0.2, 0.25) is 5.82 Å². The molecular formula is C16H23N5O2. The highest BCUT2D eigenvalue weighted by Gasteiger charge is 2.15. The van der Waals surface area contributed by atoms with Crippen molar-refractivity contribution >= 4 is 11.7 Å². The van der Waals surface area contributed by atoms with E-state index in [9.17, 15) is 4.79 Å². The Morgan fingerprint density at radius 3 is 3.00 bits per heavy atom. The Balaban J connectivity index is 1.42. The summed E-state index contributed by atoms with van der Waals surface area (Å²) in [4.78, 5) is 20.3. The molecule has 0 spiro atoms. The number of hydrogen-bond acceptors (Lipinski definition) is 5. The van der Waals surface area contributed by atoms with Crippen molar-refractivity contribution in [2.75, 3.05) is 13.2 Å². The van der Waals surface area contributed by atoms with E-state index in [0.717, 1.165) is 12.1 Å². The lowest BCUT2D eigenvalue weighted by atomic mass is 9.98. The van der Waals surface area contributed by atoms with Crippen LogP contribution < -0.4 is 5.32 Å². The van der Waals surface area contributed by atoms with Crippen LogP contribution in [0.1, 0.15) is 54.8 Å². The predicted octanol–water partition coefficient (Wildman–Crippen LogP) is 1.90. The number of ether oxygens (including phenoxy) is 1. The Morgan fingerprint density at radius 1 is 1.39 bits per heavy atom. The van der Waals surface area contributed by atoms with E-state index in [1.165, 1.54) is 32.1 Å². The van der Waals surface area contributed by atoms with E-state index < -0.39 is 0 Å². The molecule has 0 aromatic carbocycles. The van der Waals surface area contributed by atoms with Gasteiger partial charge in [0.25, 0.3) is 11.7 Å². The Hall–Kier alpha value is -2.02. The minimum Gasteiger partial charge on any atom is -0.378 e. The maximum atomic E-state index is 12.1. The smallest absolute Gasteiger partial charge is 0.291 e. The Morgan fingerprint density at radius 2 is 2.22 bits per heavy atom. The van der Waals surface area contributed by atoms with Crippen molar-refractivity contribution in [1.82, 2.24) is 24.9 Å². The average molecular weight is 317 g/mol. The molecule has 2 aromatic heterocycles. The zero-order chi connectivity index (χ0) is 16.1. The summed E-state index contributed by atoms with van der Waals surface area (Å²) in [6.45, 7) is 3.14. The second-order valence-corrected chi connectivity index (χ2v) is 5.97. The highest BCUT2D eigenvalue weighted by molar-refractivity contribution is 5.90. The fourth-order valence-electron chi connectivity index (χ4n) is 2.84. The number of nitrogens with zero attached hydrogens (tertiary/aromatic N) is 4. The van der Waals surface area contributed by atoms with E-state index in [-0.39, 0.29) is 11.7 Å². The molecule has 1 amide bonds. The lowest BCUT2D eigenvalue weighted by Crippen LogP contribution is -2.27. The van der Waals surface area contributed by atoms with Crippen LogP contribution in [0.2, 0.25) is 0 Å². The minimum absolute atomic E-state index is 0.153. The van der Waals surface area contributed by atoms with Gasteiger partial charge in [-0.25, -0.2) is 9.50 Å². The Labute approximate surface area is 135 Å². The first-order chi connectivity index (χ1) is 11.2. The van der Waals surface area contributed by atoms with Gasteiger partial charge in [0.15, 0.2) is 0 Å². The van der Waals surface area contributed by atoms with Crippen LogP contribution in [-0.2, 0) is 4.74 Å². The van der Waals surface area contributed by atoms with E-state index >= 15 is 0 Å². The first kappa shape index (κ1) is 15.9. The molecular weight excluding hydrogens is 294 g/mol. The number of amides is 1. The molecule has 1 N–H and O–H groups in total. The molecule has 1 aliphatic carbocycles. The van der Waals surface area contributed by atoms with Gasteiger partial charge in [-0.05, 0) is 32.3 Å². The average Bonchev–Trinajstić information content (AvgIpc) is 3.01. The predicted molar refractivity (Wildman–Crippen MR) is 85.3 cm³/mol. The molecule has 7 nitrogen and oxygen atoms in total. The third-order valence-corrected chi connectivity index (χ3v) is 4.15. The molecule has 2 aromatic rings. The van der Waals surface area contributed by atoms with Crippen LogP contribution in [0, 0.1) is 6.92 Å². The zero-order valence-corrected chi connectivity index (χ0v) is 13.5. The van der Waals surface area contributed by atoms with Crippen molar-refractivity contribution in [3.63, 3.8) is 0 Å². The van der Waals surface area contributed by atoms with Crippen molar-refractivity contribution in [3.05, 3.63) is 23.8 Å². The minimum atomic E-state index is -0.271. The van der Waals surface area contributed by atoms with Crippen LogP contribution in [0.3, 0.4) is 0 Å². The van der Waals surface area contributed by atoms with Gasteiger partial charge in [-0.15, -0.1) is 5.10 Å². The van der Waals surface area contributed by atoms with E-state index in [2.05, 4.69) is 20.4 Å². The summed E-state index contributed by atoms with van der Waals surface area (Å²) in [6, 6.07) is 1.83. The maximum absolute atomic E-state index is 12.1. The van der Waals surface area contributed by atoms with Crippen LogP contribution in [0.4, 0.5) is 0 Å². The van der Waals surface area contributed by atoms with Gasteiger partial charge in [0.1, 0.15) is 0 Å². The molecule has 0 atom stereocenters. The summed E-state index contributed by atoms with van der Waals surface area (Å²) in [5, 5.41) is 7.02. The second-order valence-electron chi connectivity index (χ2n) is 5.97. The van der Waals surface area contributed by atoms with Gasteiger partial charge in [0, 0.05) is 25.0 Å². The third-order valence-electron chi connectivity index (χ3n) is 4.15. The Kier molecular flexibility index (Phi) is 5.17. The van der Waals surface area contributed by atoms with Crippen molar-refractivity contribution in [2.45, 2.75) is 51.6 Å². The lowest BCUT2D eigenvalue weighted by Gasteiger charge is -2.21. The van der Waals surface area contributed by atoms with Crippen LogP contribution in [0.25, 0.3) is 5.78 Å². The standard InChI is InChI=1S/C16H23N5O2/c1-12-8-10-18-16-19-14(20-21(12)16)15(22)17-9-5-11-23-13-6-3-2-4-7-13/h8,10,13H,2-7,9,11H2,1H3,(H,17,22). The van der Waals surface area contributed by atoms with Gasteiger partial charge in [0.05, 0.1) is 6.10 Å². The van der Waals surface area contributed by atoms with Crippen LogP contribution in [0.15, 0.2) is 12.3 Å². The third kappa shape index (κ3) is 4.04. The topological polar surface area (TPSA) is 81.4 Å². The molecule has 1 fully saturated rings. The number of fused-ring (bicyclic) bond motifs is 1. The second kappa shape index (κ2) is 7.50. The summed E-state index contributed by atoms with van der Waals surface area (Å²) in [7, 11) is 0. The molecule has 0 radical (unpaired) electrons. The number of rotatable bonds is 6. The van der Waals surface area contributed by atoms with E-state index in [1.807, 2.05) is 13.0 Å². The van der Waals surface area contributed by atoms with Crippen LogP contribution in [0.5, 0.6) is 0 Å². The first-order valence-corrected chi connectivity index (χ1v) is 8.32. The molecule has 124 valence electrons. The summed E-state index contributed by atoms with van der Waals surface area (Å²) in [5.41, 5.74) is 0.891. The summed E-state index contributed by atoms with van der Waals surface area (Å²) in [6.07, 6.45) is 9.08. The molecule has 1 saturated carbocycles. The Bertz CT molecular complexity index is 664. The van der Waals surface area contributed by atoms with Crippen LogP contribution >= 0.6 is 0 Å². The lowest BCUT2D eigenvalue weighted by molar-refractivity contribution is 0.0273. The normalized spacial score (nSPS) is 15.9. The van der Waals surface area contributed by atoms with E-state index in [4.69, 9.17) is 4.74 Å². The van der Waals surface area contributed by atoms with Crippen LogP contribution in [-0.4, -0.2) is 44.7 Å². The molecule has 2 heterocycles. The number of carbonyl (C=O) groups excluding carboxylic acids is 1. The number of aromatic nitrogens is 4. The molecule has 3 rings (SSSR count). The summed E-state index contributed by atoms with van der Waals surface area (Å²) >= 11 is 0. The molecule has 0 aliphatic heterocycles. The summed E-state index contributed by atoms with van der Waals surface area (Å²) < 4.78 is 7.41. The monoisotopic (exact) mass is 317 g/mol. The zero-order valence-electron chi connectivity index (χ0n) is 13.5. The fourth-order valence-corrected chi connectivity index (χ4v) is 2.84. The molecule has 23 heavy (non-hydrogen) atoms. The van der Waals surface area contributed by atoms with Crippen molar-refractivity contribution in [3.8, 4) is 0 Å². The van der Waals surface area contributed by atoms with E-state index in [1.54, 1.807) is 10.7 Å². The first-order valence-electron chi connectivity index (χ1n) is 8.32. The molecule has 0 saturated heterocycles. The van der Waals surface area contributed by atoms with Gasteiger partial charge in [-0.1, -0.05) is 19.3 Å². The molecule has 7 heteroatoms. The van der Waals surface area contributed by atoms with E-state index in [0.29, 0.717) is 25.0 Å². The fraction of sp³-hybridized carbons (Fsp3) is 0.625. The highest BCUT2D eigenvalue weighted by atomic mass is 16.5. The van der Waals surface area contributed by atoms with Crippen molar-refractivity contribution in [2.24, 2.45) is 0 Å².